The number of piperidine rings is 3. The van der Waals surface area contributed by atoms with Gasteiger partial charge in [0.1, 0.15) is 16.9 Å². The molecule has 2 aromatic carbocycles. The highest BCUT2D eigenvalue weighted by Crippen LogP contribution is 2.41. The van der Waals surface area contributed by atoms with Crippen LogP contribution in [0.4, 0.5) is 21.8 Å². The minimum Gasteiger partial charge on any atom is -0.478 e. The van der Waals surface area contributed by atoms with Crippen molar-refractivity contribution in [1.29, 1.82) is 0 Å². The van der Waals surface area contributed by atoms with Gasteiger partial charge in [-0.25, -0.2) is 9.37 Å². The maximum Gasteiger partial charge on any atom is 0.293 e. The molecule has 1 aliphatic carbocycles. The molecule has 16 nitrogen and oxygen atoms in total. The lowest BCUT2D eigenvalue weighted by molar-refractivity contribution is -0.137. The number of carbonyl (C=O) groups excluding carboxylic acids is 4. The van der Waals surface area contributed by atoms with Gasteiger partial charge in [0, 0.05) is 66.9 Å². The zero-order valence-corrected chi connectivity index (χ0v) is 37.8. The van der Waals surface area contributed by atoms with Gasteiger partial charge in [-0.1, -0.05) is 17.7 Å². The third-order valence-electron chi connectivity index (χ3n) is 13.8. The summed E-state index contributed by atoms with van der Waals surface area (Å²) in [5.74, 6) is -0.764. The monoisotopic (exact) mass is 911 g/mol. The van der Waals surface area contributed by atoms with Crippen LogP contribution in [-0.2, 0) is 25.7 Å². The van der Waals surface area contributed by atoms with E-state index in [4.69, 9.17) is 26.1 Å². The maximum absolute atomic E-state index is 16.1. The Labute approximate surface area is 381 Å². The Morgan fingerprint density at radius 2 is 1.78 bits per heavy atom. The van der Waals surface area contributed by atoms with E-state index >= 15 is 4.39 Å². The zero-order chi connectivity index (χ0) is 45.7. The van der Waals surface area contributed by atoms with Gasteiger partial charge < -0.3 is 34.5 Å². The van der Waals surface area contributed by atoms with Crippen LogP contribution in [0, 0.1) is 5.82 Å². The van der Waals surface area contributed by atoms with Crippen LogP contribution >= 0.6 is 11.6 Å². The fourth-order valence-electron chi connectivity index (χ4n) is 10.3. The number of carbonyl (C=O) groups is 4. The Bertz CT molecular complexity index is 2590. The van der Waals surface area contributed by atoms with Gasteiger partial charge in [-0.2, -0.15) is 4.98 Å². The molecule has 0 radical (unpaired) electrons. The normalized spacial score (nSPS) is 24.0. The quantitative estimate of drug-likeness (QED) is 0.151. The molecule has 4 aliphatic heterocycles. The highest BCUT2D eigenvalue weighted by molar-refractivity contribution is 6.33. The second-order valence-electron chi connectivity index (χ2n) is 18.3. The number of benzene rings is 2. The summed E-state index contributed by atoms with van der Waals surface area (Å²) >= 11 is 6.60. The summed E-state index contributed by atoms with van der Waals surface area (Å²) in [5, 5.41) is 9.24. The Hall–Kier alpha value is -5.65. The van der Waals surface area contributed by atoms with Gasteiger partial charge in [-0.3, -0.25) is 34.2 Å². The molecule has 0 bridgehead atoms. The number of likely N-dealkylation sites (N-methyl/N-ethyl adjacent to an activating group) is 1. The fourth-order valence-corrected chi connectivity index (χ4v) is 10.4. The smallest absolute Gasteiger partial charge is 0.293 e. The number of halogens is 2. The van der Waals surface area contributed by atoms with Gasteiger partial charge in [-0.05, 0) is 114 Å². The number of amides is 4. The molecule has 4 aromatic rings. The molecule has 344 valence electrons. The molecule has 9 rings (SSSR count). The topological polar surface area (TPSA) is 180 Å². The first-order valence-electron chi connectivity index (χ1n) is 22.7. The molecule has 5 aliphatic rings. The molecule has 6 heterocycles. The molecular weight excluding hydrogens is 857 g/mol. The molecule has 3 atom stereocenters. The minimum absolute atomic E-state index is 0.0300. The third kappa shape index (κ3) is 8.89. The summed E-state index contributed by atoms with van der Waals surface area (Å²) in [4.78, 5) is 77.9. The molecular formula is C47H55ClFN9O7. The van der Waals surface area contributed by atoms with Crippen LogP contribution in [0.5, 0.6) is 5.75 Å². The van der Waals surface area contributed by atoms with Crippen molar-refractivity contribution in [2.45, 2.75) is 121 Å². The number of fused-ring (bicyclic) bond motifs is 2. The highest BCUT2D eigenvalue weighted by Gasteiger charge is 2.43. The molecule has 4 fully saturated rings. The summed E-state index contributed by atoms with van der Waals surface area (Å²) in [7, 11) is 1.51. The van der Waals surface area contributed by atoms with E-state index in [0.29, 0.717) is 45.2 Å². The number of aromatic nitrogens is 3. The number of hydrogen-bond donors (Lipinski definition) is 3. The van der Waals surface area contributed by atoms with Crippen LogP contribution in [-0.4, -0.2) is 112 Å². The first-order chi connectivity index (χ1) is 31.3. The van der Waals surface area contributed by atoms with E-state index < -0.39 is 11.9 Å². The summed E-state index contributed by atoms with van der Waals surface area (Å²) in [5.41, 5.74) is 2.40. The number of ether oxygens (including phenoxy) is 2. The van der Waals surface area contributed by atoms with E-state index in [2.05, 4.69) is 37.7 Å². The molecule has 3 N–H and O–H groups in total. The summed E-state index contributed by atoms with van der Waals surface area (Å²) < 4.78 is 30.0. The van der Waals surface area contributed by atoms with E-state index in [1.54, 1.807) is 29.0 Å². The lowest BCUT2D eigenvalue weighted by Gasteiger charge is -2.49. The lowest BCUT2D eigenvalue weighted by atomic mass is 9.80. The number of imide groups is 1. The lowest BCUT2D eigenvalue weighted by Crippen LogP contribution is -2.55. The molecule has 0 spiro atoms. The van der Waals surface area contributed by atoms with Gasteiger partial charge in [-0.15, -0.1) is 0 Å². The number of likely N-dealkylation sites (tertiary alicyclic amines) is 1. The summed E-state index contributed by atoms with van der Waals surface area (Å²) in [6, 6.07) is 10.5. The van der Waals surface area contributed by atoms with Crippen molar-refractivity contribution >= 4 is 63.6 Å². The van der Waals surface area contributed by atoms with Crippen molar-refractivity contribution in [3.05, 3.63) is 80.5 Å². The number of rotatable bonds is 12. The van der Waals surface area contributed by atoms with E-state index in [0.717, 1.165) is 69.1 Å². The number of hydrogen-bond acceptors (Lipinski definition) is 12. The van der Waals surface area contributed by atoms with Gasteiger partial charge in [0.05, 0.1) is 30.5 Å². The maximum atomic E-state index is 16.1. The molecule has 4 amide bonds. The second kappa shape index (κ2) is 18.3. The predicted molar refractivity (Wildman–Crippen MR) is 242 cm³/mol. The van der Waals surface area contributed by atoms with Crippen LogP contribution in [0.15, 0.2) is 47.4 Å². The number of anilines is 3. The van der Waals surface area contributed by atoms with Crippen molar-refractivity contribution in [1.82, 2.24) is 35.0 Å². The van der Waals surface area contributed by atoms with Crippen LogP contribution in [0.3, 0.4) is 0 Å². The van der Waals surface area contributed by atoms with Crippen molar-refractivity contribution < 1.29 is 33.0 Å². The fraction of sp³-hybridized carbons (Fsp3) is 0.511. The average Bonchev–Trinajstić information content (AvgIpc) is 3.61. The van der Waals surface area contributed by atoms with Crippen LogP contribution in [0.25, 0.3) is 10.9 Å². The molecule has 65 heavy (non-hydrogen) atoms. The number of nitrogens with zero attached hydrogens (tertiary/aromatic N) is 6. The standard InChI is InChI=1S/C47H55ClFN9O7/c1-25(2)58-37-8-5-29(18-28(37)19-39(46(58)63)64-24-41(60)50-4)52-43-36(48)22-51-47(54-43)55-14-12-31(13-15-55)65-32-20-30(21-32)56-16-11-27(17-26(56)3)33-6-7-34-35(42(33)49)23-57(45(34)62)38-9-10-40(59)53-44(38)61/h5-8,18-19,22,25-27,30-32,38H,9-17,20-21,23-24H2,1-4H3,(H,50,60)(H,51,52,54)(H,53,59,61)/t26-,27+,30-,32-,38+/m1/s1. The predicted octanol–water partition coefficient (Wildman–Crippen LogP) is 5.58. The van der Waals surface area contributed by atoms with Crippen LogP contribution in [0.1, 0.15) is 106 Å². The van der Waals surface area contributed by atoms with Gasteiger partial charge in [0.25, 0.3) is 17.4 Å². The second-order valence-corrected chi connectivity index (χ2v) is 18.7. The zero-order valence-electron chi connectivity index (χ0n) is 37.1. The van der Waals surface area contributed by atoms with E-state index in [1.807, 2.05) is 32.0 Å². The largest absolute Gasteiger partial charge is 0.478 e. The SMILES string of the molecule is CNC(=O)COc1cc2cc(Nc3nc(N4CCC(O[C@H]5C[C@H](N6CC[C@H](c7ccc8c(c7F)CN([C@H]7CCC(=O)NC7=O)C8=O)C[C@H]6C)C5)CC4)ncc3Cl)ccc2n(C(C)C)c1=O. The minimum atomic E-state index is -0.774. The van der Waals surface area contributed by atoms with Crippen molar-refractivity contribution in [2.24, 2.45) is 0 Å². The number of nitrogens with one attached hydrogen (secondary N) is 3. The van der Waals surface area contributed by atoms with Gasteiger partial charge >= 0.3 is 0 Å². The Morgan fingerprint density at radius 3 is 2.51 bits per heavy atom. The molecule has 3 saturated heterocycles. The molecule has 0 unspecified atom stereocenters. The van der Waals surface area contributed by atoms with Crippen molar-refractivity contribution in [3.8, 4) is 5.75 Å². The average molecular weight is 912 g/mol. The molecule has 2 aromatic heterocycles. The Kier molecular flexibility index (Phi) is 12.6. The van der Waals surface area contributed by atoms with E-state index in [9.17, 15) is 24.0 Å². The first-order valence-corrected chi connectivity index (χ1v) is 23.1. The van der Waals surface area contributed by atoms with Crippen molar-refractivity contribution in [3.63, 3.8) is 0 Å². The van der Waals surface area contributed by atoms with Crippen LogP contribution < -0.4 is 31.1 Å². The van der Waals surface area contributed by atoms with E-state index in [1.165, 1.54) is 11.9 Å². The van der Waals surface area contributed by atoms with Gasteiger partial charge in [0.15, 0.2) is 18.2 Å². The Balaban J connectivity index is 0.757. The van der Waals surface area contributed by atoms with Crippen LogP contribution in [0.2, 0.25) is 5.02 Å². The summed E-state index contributed by atoms with van der Waals surface area (Å²) in [6.45, 7) is 8.13. The Morgan fingerprint density at radius 1 is 1.00 bits per heavy atom. The molecule has 1 saturated carbocycles. The molecule has 18 heteroatoms. The van der Waals surface area contributed by atoms with Gasteiger partial charge in [0.2, 0.25) is 17.8 Å². The first kappa shape index (κ1) is 44.5. The summed E-state index contributed by atoms with van der Waals surface area (Å²) in [6.07, 6.45) is 7.56. The van der Waals surface area contributed by atoms with E-state index in [-0.39, 0.29) is 91.1 Å². The number of pyridine rings is 1. The third-order valence-corrected chi connectivity index (χ3v) is 14.1. The van der Waals surface area contributed by atoms with Crippen molar-refractivity contribution in [2.75, 3.05) is 43.5 Å². The highest BCUT2D eigenvalue weighted by atomic mass is 35.5.